The van der Waals surface area contributed by atoms with Crippen LogP contribution in [0.5, 0.6) is 0 Å². The highest BCUT2D eigenvalue weighted by molar-refractivity contribution is 6.05. The molecule has 2 fully saturated rings. The van der Waals surface area contributed by atoms with Crippen LogP contribution in [0, 0.1) is 11.8 Å². The number of hydrogen-bond acceptors (Lipinski definition) is 3. The fraction of sp³-hybridized carbons (Fsp3) is 0.550. The highest BCUT2D eigenvalue weighted by Gasteiger charge is 2.47. The molecule has 0 radical (unpaired) electrons. The van der Waals surface area contributed by atoms with Gasteiger partial charge in [0.15, 0.2) is 0 Å². The second-order valence-electron chi connectivity index (χ2n) is 7.01. The fourth-order valence-corrected chi connectivity index (χ4v) is 3.92. The van der Waals surface area contributed by atoms with Crippen LogP contribution in [0.25, 0.3) is 0 Å². The van der Waals surface area contributed by atoms with E-state index in [4.69, 9.17) is 0 Å². The number of rotatable bonds is 7. The normalized spacial score (nSPS) is 22.8. The number of nitrogens with zero attached hydrogens (tertiary/aromatic N) is 1. The quantitative estimate of drug-likeness (QED) is 0.611. The van der Waals surface area contributed by atoms with E-state index in [1.165, 1.54) is 10.5 Å². The highest BCUT2D eigenvalue weighted by atomic mass is 16.2. The topological polar surface area (TPSA) is 66.5 Å². The van der Waals surface area contributed by atoms with Crippen LogP contribution in [0.15, 0.2) is 30.3 Å². The first-order valence-electron chi connectivity index (χ1n) is 9.32. The molecule has 1 saturated heterocycles. The molecule has 1 N–H and O–H groups in total. The van der Waals surface area contributed by atoms with Gasteiger partial charge in [0.25, 0.3) is 0 Å². The molecule has 134 valence electrons. The molecule has 2 unspecified atom stereocenters. The summed E-state index contributed by atoms with van der Waals surface area (Å²) in [7, 11) is 0. The van der Waals surface area contributed by atoms with Crippen molar-refractivity contribution in [3.05, 3.63) is 35.9 Å². The number of imide groups is 1. The van der Waals surface area contributed by atoms with Crippen molar-refractivity contribution in [1.29, 1.82) is 0 Å². The van der Waals surface area contributed by atoms with E-state index in [1.807, 2.05) is 18.2 Å². The van der Waals surface area contributed by atoms with Crippen molar-refractivity contribution in [2.24, 2.45) is 11.8 Å². The maximum atomic E-state index is 12.4. The Balaban J connectivity index is 1.37. The molecule has 1 aliphatic carbocycles. The maximum absolute atomic E-state index is 12.4. The Morgan fingerprint density at radius 3 is 2.32 bits per heavy atom. The lowest BCUT2D eigenvalue weighted by Gasteiger charge is -2.19. The third-order valence-corrected chi connectivity index (χ3v) is 5.30. The zero-order valence-corrected chi connectivity index (χ0v) is 14.6. The van der Waals surface area contributed by atoms with E-state index in [1.54, 1.807) is 0 Å². The molecule has 0 bridgehead atoms. The molecule has 3 rings (SSSR count). The summed E-state index contributed by atoms with van der Waals surface area (Å²) in [5, 5.41) is 2.88. The van der Waals surface area contributed by atoms with Crippen molar-refractivity contribution in [2.45, 2.75) is 44.9 Å². The van der Waals surface area contributed by atoms with Crippen LogP contribution in [-0.4, -0.2) is 35.7 Å². The zero-order valence-electron chi connectivity index (χ0n) is 14.6. The SMILES string of the molecule is O=C(CCN1C(=O)C2CCCCC2C1=O)NCCCc1ccccc1. The molecule has 2 atom stereocenters. The van der Waals surface area contributed by atoms with E-state index in [-0.39, 0.29) is 42.5 Å². The summed E-state index contributed by atoms with van der Waals surface area (Å²) in [6, 6.07) is 10.2. The van der Waals surface area contributed by atoms with Crippen LogP contribution >= 0.6 is 0 Å². The molecule has 1 saturated carbocycles. The minimum absolute atomic E-state index is 0.0634. The number of likely N-dealkylation sites (tertiary alicyclic amines) is 1. The van der Waals surface area contributed by atoms with Crippen LogP contribution in [-0.2, 0) is 20.8 Å². The maximum Gasteiger partial charge on any atom is 0.233 e. The summed E-state index contributed by atoms with van der Waals surface area (Å²) in [5.41, 5.74) is 1.26. The molecule has 1 aliphatic heterocycles. The van der Waals surface area contributed by atoms with Gasteiger partial charge in [0, 0.05) is 19.5 Å². The molecule has 3 amide bonds. The lowest BCUT2D eigenvalue weighted by molar-refractivity contribution is -0.140. The Hall–Kier alpha value is -2.17. The third-order valence-electron chi connectivity index (χ3n) is 5.30. The largest absolute Gasteiger partial charge is 0.356 e. The Morgan fingerprint density at radius 2 is 1.68 bits per heavy atom. The summed E-state index contributed by atoms with van der Waals surface area (Å²) < 4.78 is 0. The molecule has 5 heteroatoms. The van der Waals surface area contributed by atoms with Gasteiger partial charge in [-0.3, -0.25) is 19.3 Å². The third kappa shape index (κ3) is 4.27. The molecular weight excluding hydrogens is 316 g/mol. The summed E-state index contributed by atoms with van der Waals surface area (Å²) in [6.45, 7) is 0.829. The van der Waals surface area contributed by atoms with Crippen LogP contribution < -0.4 is 5.32 Å². The second-order valence-corrected chi connectivity index (χ2v) is 7.01. The molecule has 1 aromatic rings. The summed E-state index contributed by atoms with van der Waals surface area (Å²) >= 11 is 0. The lowest BCUT2D eigenvalue weighted by atomic mass is 9.81. The molecule has 1 aromatic carbocycles. The van der Waals surface area contributed by atoms with Gasteiger partial charge >= 0.3 is 0 Å². The Bertz CT molecular complexity index is 605. The predicted molar refractivity (Wildman–Crippen MR) is 94.6 cm³/mol. The zero-order chi connectivity index (χ0) is 17.6. The second kappa shape index (κ2) is 8.28. The van der Waals surface area contributed by atoms with E-state index in [9.17, 15) is 14.4 Å². The van der Waals surface area contributed by atoms with Crippen molar-refractivity contribution in [3.8, 4) is 0 Å². The van der Waals surface area contributed by atoms with Gasteiger partial charge < -0.3 is 5.32 Å². The van der Waals surface area contributed by atoms with Crippen LogP contribution in [0.2, 0.25) is 0 Å². The minimum Gasteiger partial charge on any atom is -0.356 e. The molecule has 0 aromatic heterocycles. The van der Waals surface area contributed by atoms with Gasteiger partial charge in [0.05, 0.1) is 11.8 Å². The smallest absolute Gasteiger partial charge is 0.233 e. The number of benzene rings is 1. The average Bonchev–Trinajstić information content (AvgIpc) is 2.89. The van der Waals surface area contributed by atoms with Crippen molar-refractivity contribution in [2.75, 3.05) is 13.1 Å². The van der Waals surface area contributed by atoms with Gasteiger partial charge in [-0.2, -0.15) is 0 Å². The highest BCUT2D eigenvalue weighted by Crippen LogP contribution is 2.37. The first-order chi connectivity index (χ1) is 12.2. The monoisotopic (exact) mass is 342 g/mol. The predicted octanol–water partition coefficient (Wildman–Crippen LogP) is 2.30. The number of nitrogens with one attached hydrogen (secondary N) is 1. The van der Waals surface area contributed by atoms with Crippen molar-refractivity contribution in [1.82, 2.24) is 10.2 Å². The van der Waals surface area contributed by atoms with Gasteiger partial charge in [-0.1, -0.05) is 43.2 Å². The van der Waals surface area contributed by atoms with E-state index >= 15 is 0 Å². The Morgan fingerprint density at radius 1 is 1.04 bits per heavy atom. The summed E-state index contributed by atoms with van der Waals surface area (Å²) in [5.74, 6) is -0.480. The van der Waals surface area contributed by atoms with Crippen molar-refractivity contribution in [3.63, 3.8) is 0 Å². The number of amides is 3. The Kier molecular flexibility index (Phi) is 5.84. The number of aryl methyl sites for hydroxylation is 1. The van der Waals surface area contributed by atoms with Crippen LogP contribution in [0.1, 0.15) is 44.1 Å². The molecular formula is C20H26N2O3. The summed E-state index contributed by atoms with van der Waals surface area (Å²) in [4.78, 5) is 38.0. The Labute approximate surface area is 148 Å². The van der Waals surface area contributed by atoms with Gasteiger partial charge in [0.2, 0.25) is 17.7 Å². The summed E-state index contributed by atoms with van der Waals surface area (Å²) in [6.07, 6.45) is 5.68. The number of hydrogen-bond donors (Lipinski definition) is 1. The van der Waals surface area contributed by atoms with E-state index in [2.05, 4.69) is 17.4 Å². The molecule has 25 heavy (non-hydrogen) atoms. The molecule has 0 spiro atoms. The molecule has 1 heterocycles. The number of carbonyl (C=O) groups is 3. The standard InChI is InChI=1S/C20H26N2O3/c23-18(21-13-6-9-15-7-2-1-3-8-15)12-14-22-19(24)16-10-4-5-11-17(16)20(22)25/h1-3,7-8,16-17H,4-6,9-14H2,(H,21,23). The molecule has 2 aliphatic rings. The van der Waals surface area contributed by atoms with Gasteiger partial charge in [0.1, 0.15) is 0 Å². The fourth-order valence-electron chi connectivity index (χ4n) is 3.92. The lowest BCUT2D eigenvalue weighted by Crippen LogP contribution is -2.35. The minimum atomic E-state index is -0.129. The van der Waals surface area contributed by atoms with E-state index in [0.29, 0.717) is 6.54 Å². The van der Waals surface area contributed by atoms with Gasteiger partial charge in [-0.15, -0.1) is 0 Å². The number of fused-ring (bicyclic) bond motifs is 1. The van der Waals surface area contributed by atoms with E-state index < -0.39 is 0 Å². The van der Waals surface area contributed by atoms with E-state index in [0.717, 1.165) is 38.5 Å². The first kappa shape index (κ1) is 17.6. The van der Waals surface area contributed by atoms with Gasteiger partial charge in [-0.25, -0.2) is 0 Å². The average molecular weight is 342 g/mol. The number of carbonyl (C=O) groups excluding carboxylic acids is 3. The van der Waals surface area contributed by atoms with Crippen LogP contribution in [0.4, 0.5) is 0 Å². The van der Waals surface area contributed by atoms with Crippen molar-refractivity contribution >= 4 is 17.7 Å². The van der Waals surface area contributed by atoms with Gasteiger partial charge in [-0.05, 0) is 31.2 Å². The molecule has 5 nitrogen and oxygen atoms in total. The van der Waals surface area contributed by atoms with Crippen LogP contribution in [0.3, 0.4) is 0 Å². The first-order valence-corrected chi connectivity index (χ1v) is 9.32. The van der Waals surface area contributed by atoms with Crippen molar-refractivity contribution < 1.29 is 14.4 Å².